The average molecular weight is 240 g/mol. The van der Waals surface area contributed by atoms with Crippen molar-refractivity contribution in [3.8, 4) is 0 Å². The third-order valence-electron chi connectivity index (χ3n) is 4.80. The van der Waals surface area contributed by atoms with Crippen molar-refractivity contribution in [3.63, 3.8) is 0 Å². The van der Waals surface area contributed by atoms with Crippen LogP contribution in [0.2, 0.25) is 0 Å². The Morgan fingerprint density at radius 2 is 1.82 bits per heavy atom. The van der Waals surface area contributed by atoms with E-state index in [-0.39, 0.29) is 6.10 Å². The van der Waals surface area contributed by atoms with Crippen LogP contribution >= 0.6 is 0 Å². The van der Waals surface area contributed by atoms with Crippen molar-refractivity contribution in [2.75, 3.05) is 6.61 Å². The normalized spacial score (nSPS) is 44.8. The Kier molecular flexibility index (Phi) is 4.48. The summed E-state index contributed by atoms with van der Waals surface area (Å²) in [5.41, 5.74) is 0. The van der Waals surface area contributed by atoms with Crippen LogP contribution in [0, 0.1) is 23.7 Å². The summed E-state index contributed by atoms with van der Waals surface area (Å²) in [7, 11) is 0. The lowest BCUT2D eigenvalue weighted by atomic mass is 9.71. The zero-order valence-corrected chi connectivity index (χ0v) is 11.6. The van der Waals surface area contributed by atoms with Crippen LogP contribution in [0.5, 0.6) is 0 Å². The van der Waals surface area contributed by atoms with Crippen molar-refractivity contribution in [2.45, 2.75) is 65.1 Å². The minimum absolute atomic E-state index is 0.132. The van der Waals surface area contributed by atoms with E-state index in [9.17, 15) is 5.11 Å². The SMILES string of the molecule is CCC1OCCC1C(O)C1CC(C)CC(C)C1. The molecule has 2 rings (SSSR count). The molecule has 1 heterocycles. The summed E-state index contributed by atoms with van der Waals surface area (Å²) in [6.07, 6.45) is 6.02. The zero-order chi connectivity index (χ0) is 12.4. The molecule has 1 aliphatic carbocycles. The molecule has 100 valence electrons. The van der Waals surface area contributed by atoms with Gasteiger partial charge in [0.2, 0.25) is 0 Å². The minimum atomic E-state index is -0.132. The Bertz CT molecular complexity index is 231. The van der Waals surface area contributed by atoms with Crippen LogP contribution < -0.4 is 0 Å². The highest BCUT2D eigenvalue weighted by Gasteiger charge is 2.39. The fourth-order valence-electron chi connectivity index (χ4n) is 4.11. The van der Waals surface area contributed by atoms with E-state index in [1.807, 2.05) is 0 Å². The highest BCUT2D eigenvalue weighted by Crippen LogP contribution is 2.39. The van der Waals surface area contributed by atoms with Gasteiger partial charge in [-0.2, -0.15) is 0 Å². The summed E-state index contributed by atoms with van der Waals surface area (Å²) in [6.45, 7) is 7.68. The molecule has 0 aromatic carbocycles. The lowest BCUT2D eigenvalue weighted by Crippen LogP contribution is -2.37. The number of aliphatic hydroxyl groups is 1. The first-order valence-electron chi connectivity index (χ1n) is 7.41. The van der Waals surface area contributed by atoms with Gasteiger partial charge in [-0.3, -0.25) is 0 Å². The molecule has 2 fully saturated rings. The highest BCUT2D eigenvalue weighted by atomic mass is 16.5. The summed E-state index contributed by atoms with van der Waals surface area (Å²) in [5, 5.41) is 10.6. The van der Waals surface area contributed by atoms with E-state index in [2.05, 4.69) is 20.8 Å². The first-order valence-corrected chi connectivity index (χ1v) is 7.41. The van der Waals surface area contributed by atoms with Gasteiger partial charge in [0, 0.05) is 12.5 Å². The molecule has 2 aliphatic rings. The van der Waals surface area contributed by atoms with Gasteiger partial charge >= 0.3 is 0 Å². The van der Waals surface area contributed by atoms with E-state index in [1.54, 1.807) is 0 Å². The van der Waals surface area contributed by atoms with E-state index in [0.29, 0.717) is 17.9 Å². The highest BCUT2D eigenvalue weighted by molar-refractivity contribution is 4.88. The van der Waals surface area contributed by atoms with Crippen molar-refractivity contribution < 1.29 is 9.84 Å². The first-order chi connectivity index (χ1) is 8.11. The second-order valence-corrected chi connectivity index (χ2v) is 6.44. The van der Waals surface area contributed by atoms with E-state index >= 15 is 0 Å². The van der Waals surface area contributed by atoms with Gasteiger partial charge in [-0.15, -0.1) is 0 Å². The topological polar surface area (TPSA) is 29.5 Å². The number of ether oxygens (including phenoxy) is 1. The number of aliphatic hydroxyl groups excluding tert-OH is 1. The van der Waals surface area contributed by atoms with Crippen LogP contribution in [-0.4, -0.2) is 23.9 Å². The van der Waals surface area contributed by atoms with Gasteiger partial charge < -0.3 is 9.84 Å². The Morgan fingerprint density at radius 3 is 2.41 bits per heavy atom. The van der Waals surface area contributed by atoms with Gasteiger partial charge in [0.25, 0.3) is 0 Å². The molecule has 1 N–H and O–H groups in total. The summed E-state index contributed by atoms with van der Waals surface area (Å²) < 4.78 is 5.72. The van der Waals surface area contributed by atoms with Crippen LogP contribution in [-0.2, 0) is 4.74 Å². The standard InChI is InChI=1S/C15H28O2/c1-4-14-13(5-6-17-14)15(16)12-8-10(2)7-11(3)9-12/h10-16H,4-9H2,1-3H3. The van der Waals surface area contributed by atoms with Crippen LogP contribution in [0.1, 0.15) is 52.9 Å². The summed E-state index contributed by atoms with van der Waals surface area (Å²) in [4.78, 5) is 0. The zero-order valence-electron chi connectivity index (χ0n) is 11.6. The molecule has 17 heavy (non-hydrogen) atoms. The molecule has 5 unspecified atom stereocenters. The van der Waals surface area contributed by atoms with E-state index < -0.39 is 0 Å². The van der Waals surface area contributed by atoms with Crippen LogP contribution in [0.3, 0.4) is 0 Å². The Labute approximate surface area is 106 Å². The number of rotatable bonds is 3. The van der Waals surface area contributed by atoms with Gasteiger partial charge in [-0.05, 0) is 49.9 Å². The molecule has 0 radical (unpaired) electrons. The lowest BCUT2D eigenvalue weighted by molar-refractivity contribution is -0.0194. The Hall–Kier alpha value is -0.0800. The third kappa shape index (κ3) is 3.03. The average Bonchev–Trinajstić information content (AvgIpc) is 2.74. The predicted molar refractivity (Wildman–Crippen MR) is 69.8 cm³/mol. The monoisotopic (exact) mass is 240 g/mol. The molecule has 0 aromatic rings. The maximum Gasteiger partial charge on any atom is 0.0626 e. The molecule has 0 bridgehead atoms. The summed E-state index contributed by atoms with van der Waals surface area (Å²) in [5.74, 6) is 2.46. The van der Waals surface area contributed by atoms with Crippen LogP contribution in [0.4, 0.5) is 0 Å². The largest absolute Gasteiger partial charge is 0.392 e. The maximum atomic E-state index is 10.6. The fraction of sp³-hybridized carbons (Fsp3) is 1.00. The quantitative estimate of drug-likeness (QED) is 0.820. The van der Waals surface area contributed by atoms with Crippen molar-refractivity contribution in [3.05, 3.63) is 0 Å². The molecule has 1 saturated carbocycles. The predicted octanol–water partition coefficient (Wildman–Crippen LogP) is 3.23. The van der Waals surface area contributed by atoms with Crippen LogP contribution in [0.25, 0.3) is 0 Å². The molecule has 2 heteroatoms. The van der Waals surface area contributed by atoms with E-state index in [1.165, 1.54) is 19.3 Å². The molecule has 0 amide bonds. The van der Waals surface area contributed by atoms with Gasteiger partial charge in [-0.25, -0.2) is 0 Å². The van der Waals surface area contributed by atoms with E-state index in [4.69, 9.17) is 4.74 Å². The van der Waals surface area contributed by atoms with Crippen molar-refractivity contribution in [1.82, 2.24) is 0 Å². The second-order valence-electron chi connectivity index (χ2n) is 6.44. The number of hydrogen-bond donors (Lipinski definition) is 1. The Morgan fingerprint density at radius 1 is 1.18 bits per heavy atom. The summed E-state index contributed by atoms with van der Waals surface area (Å²) in [6, 6.07) is 0. The molecule has 1 aliphatic heterocycles. The third-order valence-corrected chi connectivity index (χ3v) is 4.80. The van der Waals surface area contributed by atoms with Gasteiger partial charge in [0.15, 0.2) is 0 Å². The van der Waals surface area contributed by atoms with Crippen molar-refractivity contribution in [2.24, 2.45) is 23.7 Å². The fourth-order valence-corrected chi connectivity index (χ4v) is 4.11. The summed E-state index contributed by atoms with van der Waals surface area (Å²) >= 11 is 0. The van der Waals surface area contributed by atoms with Crippen molar-refractivity contribution >= 4 is 0 Å². The molecule has 5 atom stereocenters. The Balaban J connectivity index is 1.96. The van der Waals surface area contributed by atoms with Gasteiger partial charge in [0.1, 0.15) is 0 Å². The molecular weight excluding hydrogens is 212 g/mol. The minimum Gasteiger partial charge on any atom is -0.392 e. The first kappa shape index (κ1) is 13.4. The second kappa shape index (κ2) is 5.71. The van der Waals surface area contributed by atoms with E-state index in [0.717, 1.165) is 31.3 Å². The number of hydrogen-bond acceptors (Lipinski definition) is 2. The molecule has 1 saturated heterocycles. The maximum absolute atomic E-state index is 10.6. The van der Waals surface area contributed by atoms with Crippen molar-refractivity contribution in [1.29, 1.82) is 0 Å². The smallest absolute Gasteiger partial charge is 0.0626 e. The molecular formula is C15H28O2. The lowest BCUT2D eigenvalue weighted by Gasteiger charge is -2.37. The van der Waals surface area contributed by atoms with Crippen LogP contribution in [0.15, 0.2) is 0 Å². The molecule has 0 spiro atoms. The van der Waals surface area contributed by atoms with Gasteiger partial charge in [0.05, 0.1) is 12.2 Å². The molecule has 0 aromatic heterocycles. The van der Waals surface area contributed by atoms with Gasteiger partial charge in [-0.1, -0.05) is 20.8 Å². The molecule has 2 nitrogen and oxygen atoms in total.